The molecule has 0 N–H and O–H groups in total. The van der Waals surface area contributed by atoms with Crippen LogP contribution in [0.5, 0.6) is 0 Å². The number of rotatable bonds is 3. The van der Waals surface area contributed by atoms with Gasteiger partial charge in [0.15, 0.2) is 5.78 Å². The average molecular weight is 192 g/mol. The third-order valence-electron chi connectivity index (χ3n) is 2.67. The first-order chi connectivity index (χ1) is 6.70. The van der Waals surface area contributed by atoms with Crippen LogP contribution in [0.2, 0.25) is 0 Å². The van der Waals surface area contributed by atoms with Crippen molar-refractivity contribution >= 4 is 5.78 Å². The summed E-state index contributed by atoms with van der Waals surface area (Å²) in [5.41, 5.74) is 1.11. The molecule has 1 saturated carbocycles. The summed E-state index contributed by atoms with van der Waals surface area (Å²) in [5.74, 6) is 0.0967. The highest BCUT2D eigenvalue weighted by molar-refractivity contribution is 5.95. The van der Waals surface area contributed by atoms with Gasteiger partial charge in [0.2, 0.25) is 0 Å². The van der Waals surface area contributed by atoms with Crippen LogP contribution in [0, 0.1) is 5.92 Å². The molecule has 0 spiro atoms. The molecule has 0 saturated heterocycles. The van der Waals surface area contributed by atoms with Crippen molar-refractivity contribution in [1.29, 1.82) is 0 Å². The van der Waals surface area contributed by atoms with Gasteiger partial charge < -0.3 is 0 Å². The number of benzene rings is 1. The quantitative estimate of drug-likeness (QED) is 0.671. The van der Waals surface area contributed by atoms with Gasteiger partial charge in [-0.15, -0.1) is 0 Å². The summed E-state index contributed by atoms with van der Waals surface area (Å²) in [6, 6.07) is 6.99. The second-order valence-corrected chi connectivity index (χ2v) is 3.88. The van der Waals surface area contributed by atoms with Crippen LogP contribution >= 0.6 is 0 Å². The molecule has 0 radical (unpaired) electrons. The lowest BCUT2D eigenvalue weighted by molar-refractivity contribution is 0.101. The maximum absolute atomic E-state index is 13.8. The number of carbonyl (C=O) groups excluding carboxylic acids is 1. The van der Waals surface area contributed by atoms with E-state index in [1.807, 2.05) is 0 Å². The predicted molar refractivity (Wildman–Crippen MR) is 53.0 cm³/mol. The third kappa shape index (κ3) is 1.69. The molecule has 0 amide bonds. The van der Waals surface area contributed by atoms with Gasteiger partial charge >= 0.3 is 0 Å². The van der Waals surface area contributed by atoms with E-state index < -0.39 is 6.17 Å². The van der Waals surface area contributed by atoms with Crippen molar-refractivity contribution in [2.45, 2.75) is 25.9 Å². The zero-order chi connectivity index (χ0) is 10.1. The van der Waals surface area contributed by atoms with E-state index in [0.717, 1.165) is 12.8 Å². The molecule has 2 rings (SSSR count). The standard InChI is InChI=1S/C12H13FO/c1-8(14)10-4-2-3-5-11(10)12(13)9-6-7-9/h2-5,9,12H,6-7H2,1H3. The largest absolute Gasteiger partial charge is 0.294 e. The van der Waals surface area contributed by atoms with E-state index in [0.29, 0.717) is 11.1 Å². The molecule has 14 heavy (non-hydrogen) atoms. The Bertz CT molecular complexity index is 355. The highest BCUT2D eigenvalue weighted by Crippen LogP contribution is 2.44. The number of Topliss-reactive ketones (excluding diaryl/α,β-unsaturated/α-hetero) is 1. The Hall–Kier alpha value is -1.18. The van der Waals surface area contributed by atoms with Crippen molar-refractivity contribution in [3.63, 3.8) is 0 Å². The zero-order valence-corrected chi connectivity index (χ0v) is 8.16. The summed E-state index contributed by atoms with van der Waals surface area (Å²) in [4.78, 5) is 11.2. The Morgan fingerprint density at radius 1 is 1.43 bits per heavy atom. The summed E-state index contributed by atoms with van der Waals surface area (Å²) >= 11 is 0. The van der Waals surface area contributed by atoms with E-state index in [1.54, 1.807) is 24.3 Å². The minimum Gasteiger partial charge on any atom is -0.294 e. The fraction of sp³-hybridized carbons (Fsp3) is 0.417. The zero-order valence-electron chi connectivity index (χ0n) is 8.16. The van der Waals surface area contributed by atoms with E-state index in [2.05, 4.69) is 0 Å². The van der Waals surface area contributed by atoms with Gasteiger partial charge in [0.25, 0.3) is 0 Å². The van der Waals surface area contributed by atoms with Gasteiger partial charge in [-0.1, -0.05) is 24.3 Å². The first kappa shape index (κ1) is 9.38. The molecule has 1 aliphatic carbocycles. The molecular weight excluding hydrogens is 179 g/mol. The van der Waals surface area contributed by atoms with Crippen molar-refractivity contribution in [2.75, 3.05) is 0 Å². The number of ketones is 1. The second kappa shape index (κ2) is 3.52. The molecule has 0 heterocycles. The fourth-order valence-corrected chi connectivity index (χ4v) is 1.70. The van der Waals surface area contributed by atoms with E-state index in [1.165, 1.54) is 6.92 Å². The van der Waals surface area contributed by atoms with Crippen molar-refractivity contribution < 1.29 is 9.18 Å². The van der Waals surface area contributed by atoms with Gasteiger partial charge in [0.05, 0.1) is 0 Å². The highest BCUT2D eigenvalue weighted by Gasteiger charge is 2.33. The second-order valence-electron chi connectivity index (χ2n) is 3.88. The van der Waals surface area contributed by atoms with Gasteiger partial charge in [0.1, 0.15) is 6.17 Å². The van der Waals surface area contributed by atoms with Crippen LogP contribution in [-0.2, 0) is 0 Å². The Kier molecular flexibility index (Phi) is 2.36. The van der Waals surface area contributed by atoms with Crippen molar-refractivity contribution in [3.8, 4) is 0 Å². The highest BCUT2D eigenvalue weighted by atomic mass is 19.1. The Balaban J connectivity index is 2.34. The molecule has 1 nitrogen and oxygen atoms in total. The normalized spacial score (nSPS) is 17.9. The van der Waals surface area contributed by atoms with Crippen molar-refractivity contribution in [3.05, 3.63) is 35.4 Å². The number of halogens is 1. The topological polar surface area (TPSA) is 17.1 Å². The van der Waals surface area contributed by atoms with Crippen LogP contribution in [0.15, 0.2) is 24.3 Å². The lowest BCUT2D eigenvalue weighted by Gasteiger charge is -2.10. The van der Waals surface area contributed by atoms with Crippen LogP contribution in [0.25, 0.3) is 0 Å². The monoisotopic (exact) mass is 192 g/mol. The molecular formula is C12H13FO. The third-order valence-corrected chi connectivity index (χ3v) is 2.67. The number of alkyl halides is 1. The van der Waals surface area contributed by atoms with Gasteiger partial charge in [-0.05, 0) is 31.2 Å². The number of carbonyl (C=O) groups is 1. The summed E-state index contributed by atoms with van der Waals surface area (Å²) in [5, 5.41) is 0. The smallest absolute Gasteiger partial charge is 0.160 e. The van der Waals surface area contributed by atoms with E-state index >= 15 is 0 Å². The van der Waals surface area contributed by atoms with E-state index in [9.17, 15) is 9.18 Å². The first-order valence-electron chi connectivity index (χ1n) is 4.94. The van der Waals surface area contributed by atoms with Crippen LogP contribution in [-0.4, -0.2) is 5.78 Å². The summed E-state index contributed by atoms with van der Waals surface area (Å²) in [6.45, 7) is 1.48. The van der Waals surface area contributed by atoms with Crippen LogP contribution in [0.1, 0.15) is 41.9 Å². The molecule has 2 heteroatoms. The van der Waals surface area contributed by atoms with E-state index in [-0.39, 0.29) is 11.7 Å². The molecule has 1 aromatic carbocycles. The molecule has 1 atom stereocenters. The Morgan fingerprint density at radius 2 is 2.07 bits per heavy atom. The molecule has 1 fully saturated rings. The Morgan fingerprint density at radius 3 is 2.64 bits per heavy atom. The van der Waals surface area contributed by atoms with Gasteiger partial charge in [-0.25, -0.2) is 4.39 Å². The average Bonchev–Trinajstić information content (AvgIpc) is 3.00. The molecule has 1 unspecified atom stereocenters. The van der Waals surface area contributed by atoms with Gasteiger partial charge in [-0.2, -0.15) is 0 Å². The SMILES string of the molecule is CC(=O)c1ccccc1C(F)C1CC1. The Labute approximate surface area is 82.9 Å². The molecule has 0 aromatic heterocycles. The molecule has 1 aliphatic rings. The van der Waals surface area contributed by atoms with Gasteiger partial charge in [-0.3, -0.25) is 4.79 Å². The summed E-state index contributed by atoms with van der Waals surface area (Å²) < 4.78 is 13.8. The molecule has 1 aromatic rings. The number of hydrogen-bond acceptors (Lipinski definition) is 1. The first-order valence-corrected chi connectivity index (χ1v) is 4.94. The van der Waals surface area contributed by atoms with Gasteiger partial charge in [0, 0.05) is 5.56 Å². The van der Waals surface area contributed by atoms with Crippen LogP contribution in [0.3, 0.4) is 0 Å². The lowest BCUT2D eigenvalue weighted by Crippen LogP contribution is -2.03. The minimum absolute atomic E-state index is 0.0519. The predicted octanol–water partition coefficient (Wildman–Crippen LogP) is 3.31. The lowest BCUT2D eigenvalue weighted by atomic mass is 9.98. The van der Waals surface area contributed by atoms with Crippen LogP contribution in [0.4, 0.5) is 4.39 Å². The number of hydrogen-bond donors (Lipinski definition) is 0. The van der Waals surface area contributed by atoms with Crippen LogP contribution < -0.4 is 0 Å². The summed E-state index contributed by atoms with van der Waals surface area (Å²) in [6.07, 6.45) is 0.955. The molecule has 0 aliphatic heterocycles. The minimum atomic E-state index is -0.949. The van der Waals surface area contributed by atoms with Crippen molar-refractivity contribution in [2.24, 2.45) is 5.92 Å². The van der Waals surface area contributed by atoms with Crippen molar-refractivity contribution in [1.82, 2.24) is 0 Å². The molecule has 74 valence electrons. The molecule has 0 bridgehead atoms. The fourth-order valence-electron chi connectivity index (χ4n) is 1.70. The van der Waals surface area contributed by atoms with E-state index in [4.69, 9.17) is 0 Å². The maximum Gasteiger partial charge on any atom is 0.160 e. The maximum atomic E-state index is 13.8. The summed E-state index contributed by atoms with van der Waals surface area (Å²) in [7, 11) is 0.